The number of rotatable bonds is 11. The van der Waals surface area contributed by atoms with Gasteiger partial charge in [-0.1, -0.05) is 58.4 Å². The van der Waals surface area contributed by atoms with Gasteiger partial charge in [0.05, 0.1) is 0 Å². The van der Waals surface area contributed by atoms with Gasteiger partial charge in [0.2, 0.25) is 0 Å². The van der Waals surface area contributed by atoms with Crippen molar-refractivity contribution in [3.8, 4) is 0 Å². The zero-order chi connectivity index (χ0) is 13.8. The van der Waals surface area contributed by atoms with Crippen molar-refractivity contribution in [3.63, 3.8) is 0 Å². The van der Waals surface area contributed by atoms with Crippen LogP contribution in [0.25, 0.3) is 0 Å². The zero-order valence-electron chi connectivity index (χ0n) is 12.2. The first-order valence-corrected chi connectivity index (χ1v) is 7.27. The molecule has 0 aromatic rings. The van der Waals surface area contributed by atoms with Crippen LogP contribution in [0.1, 0.15) is 71.6 Å². The van der Waals surface area contributed by atoms with E-state index in [2.05, 4.69) is 20.4 Å². The van der Waals surface area contributed by atoms with Gasteiger partial charge in [0.25, 0.3) is 0 Å². The van der Waals surface area contributed by atoms with Crippen LogP contribution in [0.4, 0.5) is 0 Å². The summed E-state index contributed by atoms with van der Waals surface area (Å²) in [6.07, 6.45) is 10.9. The first kappa shape index (κ1) is 17.2. The highest BCUT2D eigenvalue weighted by molar-refractivity contribution is 5.87. The molecule has 0 saturated carbocycles. The van der Waals surface area contributed by atoms with E-state index < -0.39 is 0 Å². The third kappa shape index (κ3) is 10.4. The maximum atomic E-state index is 11.2. The largest absolute Gasteiger partial charge is 0.459 e. The number of carbonyl (C=O) groups is 1. The molecule has 0 amide bonds. The minimum Gasteiger partial charge on any atom is -0.459 e. The molecule has 0 aliphatic rings. The fourth-order valence-electron chi connectivity index (χ4n) is 1.82. The summed E-state index contributed by atoms with van der Waals surface area (Å²) in [6.45, 7) is 11.3. The average Bonchev–Trinajstić information content (AvgIpc) is 2.32. The quantitative estimate of drug-likeness (QED) is 0.299. The molecule has 1 unspecified atom stereocenters. The lowest BCUT2D eigenvalue weighted by Gasteiger charge is -2.12. The molecule has 0 fully saturated rings. The average molecular weight is 253 g/mol. The first-order valence-electron chi connectivity index (χ1n) is 7.27. The SMILES string of the molecule is [CH2]C(CCCCCCCCCC)OC(=O)C(=C)C. The smallest absolute Gasteiger partial charge is 0.333 e. The van der Waals surface area contributed by atoms with E-state index in [1.54, 1.807) is 6.92 Å². The van der Waals surface area contributed by atoms with Crippen molar-refractivity contribution in [1.82, 2.24) is 0 Å². The lowest BCUT2D eigenvalue weighted by Crippen LogP contribution is -2.15. The van der Waals surface area contributed by atoms with E-state index >= 15 is 0 Å². The molecule has 0 aliphatic carbocycles. The maximum Gasteiger partial charge on any atom is 0.333 e. The summed E-state index contributed by atoms with van der Waals surface area (Å²) in [7, 11) is 0. The Morgan fingerprint density at radius 2 is 1.56 bits per heavy atom. The molecule has 0 aromatic carbocycles. The minimum atomic E-state index is -0.324. The number of carbonyl (C=O) groups excluding carboxylic acids is 1. The summed E-state index contributed by atoms with van der Waals surface area (Å²) in [5, 5.41) is 0. The predicted octanol–water partition coefficient (Wildman–Crippen LogP) is 4.84. The highest BCUT2D eigenvalue weighted by Crippen LogP contribution is 2.12. The molecule has 0 saturated heterocycles. The van der Waals surface area contributed by atoms with Crippen LogP contribution in [0.15, 0.2) is 12.2 Å². The number of esters is 1. The molecule has 0 N–H and O–H groups in total. The van der Waals surface area contributed by atoms with E-state index in [1.807, 2.05) is 0 Å². The Morgan fingerprint density at radius 3 is 2.06 bits per heavy atom. The predicted molar refractivity (Wildman–Crippen MR) is 77.3 cm³/mol. The van der Waals surface area contributed by atoms with E-state index in [1.165, 1.54) is 44.9 Å². The van der Waals surface area contributed by atoms with E-state index in [9.17, 15) is 4.79 Å². The van der Waals surface area contributed by atoms with E-state index in [0.717, 1.165) is 12.8 Å². The third-order valence-electron chi connectivity index (χ3n) is 3.00. The van der Waals surface area contributed by atoms with Crippen molar-refractivity contribution < 1.29 is 9.53 Å². The lowest BCUT2D eigenvalue weighted by atomic mass is 10.1. The minimum absolute atomic E-state index is 0.228. The Kier molecular flexibility index (Phi) is 10.8. The van der Waals surface area contributed by atoms with Gasteiger partial charge in [0.15, 0.2) is 0 Å². The molecule has 0 rings (SSSR count). The summed E-state index contributed by atoms with van der Waals surface area (Å²) in [5.41, 5.74) is 0.444. The maximum absolute atomic E-state index is 11.2. The highest BCUT2D eigenvalue weighted by Gasteiger charge is 2.09. The number of unbranched alkanes of at least 4 members (excludes halogenated alkanes) is 7. The first-order chi connectivity index (χ1) is 8.57. The topological polar surface area (TPSA) is 26.3 Å². The van der Waals surface area contributed by atoms with Crippen LogP contribution >= 0.6 is 0 Å². The number of hydrogen-bond acceptors (Lipinski definition) is 2. The summed E-state index contributed by atoms with van der Waals surface area (Å²) < 4.78 is 5.12. The van der Waals surface area contributed by atoms with Crippen LogP contribution in [-0.4, -0.2) is 12.1 Å². The Labute approximate surface area is 113 Å². The van der Waals surface area contributed by atoms with Crippen LogP contribution in [0.2, 0.25) is 0 Å². The Balaban J connectivity index is 3.32. The van der Waals surface area contributed by atoms with Crippen molar-refractivity contribution in [2.24, 2.45) is 0 Å². The van der Waals surface area contributed by atoms with Gasteiger partial charge in [-0.3, -0.25) is 0 Å². The molecule has 0 spiro atoms. The van der Waals surface area contributed by atoms with Gasteiger partial charge in [-0.05, 0) is 26.7 Å². The molecular formula is C16H29O2. The molecule has 105 valence electrons. The van der Waals surface area contributed by atoms with Crippen molar-refractivity contribution in [1.29, 1.82) is 0 Å². The number of hydrogen-bond donors (Lipinski definition) is 0. The molecule has 0 aliphatic heterocycles. The van der Waals surface area contributed by atoms with Crippen LogP contribution in [0, 0.1) is 6.92 Å². The molecular weight excluding hydrogens is 224 g/mol. The van der Waals surface area contributed by atoms with Gasteiger partial charge in [-0.25, -0.2) is 4.79 Å². The summed E-state index contributed by atoms with van der Waals surface area (Å²) in [5.74, 6) is -0.324. The van der Waals surface area contributed by atoms with E-state index in [4.69, 9.17) is 4.74 Å². The normalized spacial score (nSPS) is 12.2. The monoisotopic (exact) mass is 253 g/mol. The molecule has 2 nitrogen and oxygen atoms in total. The molecule has 1 radical (unpaired) electrons. The summed E-state index contributed by atoms with van der Waals surface area (Å²) >= 11 is 0. The van der Waals surface area contributed by atoms with Crippen molar-refractivity contribution in [2.75, 3.05) is 0 Å². The van der Waals surface area contributed by atoms with Gasteiger partial charge >= 0.3 is 5.97 Å². The van der Waals surface area contributed by atoms with Gasteiger partial charge in [-0.15, -0.1) is 0 Å². The van der Waals surface area contributed by atoms with Crippen molar-refractivity contribution >= 4 is 5.97 Å². The fourth-order valence-corrected chi connectivity index (χ4v) is 1.82. The van der Waals surface area contributed by atoms with Gasteiger partial charge in [0.1, 0.15) is 6.10 Å². The van der Waals surface area contributed by atoms with Gasteiger partial charge in [0, 0.05) is 5.57 Å². The Morgan fingerprint density at radius 1 is 1.06 bits per heavy atom. The van der Waals surface area contributed by atoms with Crippen molar-refractivity contribution in [3.05, 3.63) is 19.1 Å². The van der Waals surface area contributed by atoms with Crippen molar-refractivity contribution in [2.45, 2.75) is 77.7 Å². The van der Waals surface area contributed by atoms with E-state index in [0.29, 0.717) is 5.57 Å². The molecule has 0 heterocycles. The molecule has 0 aromatic heterocycles. The Hall–Kier alpha value is -0.790. The standard InChI is InChI=1S/C16H29O2/c1-5-6-7-8-9-10-11-12-13-15(4)18-16(17)14(2)3/h15H,2,4-13H2,1,3H3. The molecule has 0 bridgehead atoms. The van der Waals surface area contributed by atoms with Crippen LogP contribution in [0.5, 0.6) is 0 Å². The Bertz CT molecular complexity index is 233. The zero-order valence-corrected chi connectivity index (χ0v) is 12.2. The fraction of sp³-hybridized carbons (Fsp3) is 0.750. The lowest BCUT2D eigenvalue weighted by molar-refractivity contribution is -0.142. The molecule has 18 heavy (non-hydrogen) atoms. The van der Waals surface area contributed by atoms with Crippen LogP contribution in [0.3, 0.4) is 0 Å². The van der Waals surface area contributed by atoms with Gasteiger partial charge < -0.3 is 4.74 Å². The third-order valence-corrected chi connectivity index (χ3v) is 3.00. The molecule has 2 heteroatoms. The second kappa shape index (κ2) is 11.3. The second-order valence-corrected chi connectivity index (χ2v) is 5.07. The number of ether oxygens (including phenoxy) is 1. The van der Waals surface area contributed by atoms with Crippen LogP contribution in [-0.2, 0) is 9.53 Å². The van der Waals surface area contributed by atoms with E-state index in [-0.39, 0.29) is 12.1 Å². The summed E-state index contributed by atoms with van der Waals surface area (Å²) in [6, 6.07) is 0. The summed E-state index contributed by atoms with van der Waals surface area (Å²) in [4.78, 5) is 11.2. The van der Waals surface area contributed by atoms with Crippen LogP contribution < -0.4 is 0 Å². The van der Waals surface area contributed by atoms with Gasteiger partial charge in [-0.2, -0.15) is 0 Å². The molecule has 1 atom stereocenters. The second-order valence-electron chi connectivity index (χ2n) is 5.07. The highest BCUT2D eigenvalue weighted by atomic mass is 16.5.